The van der Waals surface area contributed by atoms with E-state index < -0.39 is 17.6 Å². The first-order valence-corrected chi connectivity index (χ1v) is 6.60. The van der Waals surface area contributed by atoms with E-state index in [2.05, 4.69) is 10.1 Å². The fourth-order valence-corrected chi connectivity index (χ4v) is 2.50. The van der Waals surface area contributed by atoms with Crippen molar-refractivity contribution in [1.82, 2.24) is 0 Å². The summed E-state index contributed by atoms with van der Waals surface area (Å²) in [5, 5.41) is 3.00. The molecule has 110 valence electrons. The van der Waals surface area contributed by atoms with Crippen LogP contribution in [0.2, 0.25) is 0 Å². The maximum absolute atomic E-state index is 13.8. The minimum Gasteiger partial charge on any atom is -0.465 e. The van der Waals surface area contributed by atoms with E-state index in [0.29, 0.717) is 6.07 Å². The van der Waals surface area contributed by atoms with E-state index in [9.17, 15) is 13.6 Å². The standard InChI is InChI=1S/C14H18F2N2O2/c1-20-14(19)10-6-13(12(16)7-11(10)15)18-9-4-2-3-8(17)5-9/h6-9,18H,2-5,17H2,1H3. The maximum atomic E-state index is 13.8. The van der Waals surface area contributed by atoms with Gasteiger partial charge in [-0.05, 0) is 31.7 Å². The zero-order chi connectivity index (χ0) is 14.7. The Morgan fingerprint density at radius 1 is 1.35 bits per heavy atom. The average Bonchev–Trinajstić information content (AvgIpc) is 2.41. The van der Waals surface area contributed by atoms with Gasteiger partial charge in [-0.15, -0.1) is 0 Å². The molecule has 0 radical (unpaired) electrons. The fraction of sp³-hybridized carbons (Fsp3) is 0.500. The monoisotopic (exact) mass is 284 g/mol. The van der Waals surface area contributed by atoms with Crippen molar-refractivity contribution in [2.45, 2.75) is 37.8 Å². The lowest BCUT2D eigenvalue weighted by atomic mass is 9.91. The predicted molar refractivity (Wildman–Crippen MR) is 71.6 cm³/mol. The topological polar surface area (TPSA) is 64.3 Å². The quantitative estimate of drug-likeness (QED) is 0.837. The highest BCUT2D eigenvalue weighted by Crippen LogP contribution is 2.25. The number of anilines is 1. The summed E-state index contributed by atoms with van der Waals surface area (Å²) in [5.74, 6) is -2.49. The molecule has 0 aromatic heterocycles. The van der Waals surface area contributed by atoms with Gasteiger partial charge in [-0.3, -0.25) is 0 Å². The summed E-state index contributed by atoms with van der Waals surface area (Å²) in [4.78, 5) is 11.4. The molecule has 0 bridgehead atoms. The van der Waals surface area contributed by atoms with Crippen molar-refractivity contribution in [2.24, 2.45) is 5.73 Å². The molecule has 3 N–H and O–H groups in total. The maximum Gasteiger partial charge on any atom is 0.340 e. The Bertz CT molecular complexity index is 508. The lowest BCUT2D eigenvalue weighted by Gasteiger charge is -2.28. The van der Waals surface area contributed by atoms with Crippen LogP contribution in [-0.4, -0.2) is 25.2 Å². The first-order chi connectivity index (χ1) is 9.51. The summed E-state index contributed by atoms with van der Waals surface area (Å²) in [6.45, 7) is 0. The second-order valence-electron chi connectivity index (χ2n) is 5.07. The summed E-state index contributed by atoms with van der Waals surface area (Å²) < 4.78 is 31.8. The zero-order valence-corrected chi connectivity index (χ0v) is 11.3. The lowest BCUT2D eigenvalue weighted by Crippen LogP contribution is -2.35. The fourth-order valence-electron chi connectivity index (χ4n) is 2.50. The summed E-state index contributed by atoms with van der Waals surface area (Å²) in [7, 11) is 1.15. The molecule has 2 unspecified atom stereocenters. The average molecular weight is 284 g/mol. The summed E-state index contributed by atoms with van der Waals surface area (Å²) in [6.07, 6.45) is 3.52. The van der Waals surface area contributed by atoms with Crippen LogP contribution < -0.4 is 11.1 Å². The Morgan fingerprint density at radius 2 is 2.10 bits per heavy atom. The van der Waals surface area contributed by atoms with Gasteiger partial charge in [-0.2, -0.15) is 0 Å². The van der Waals surface area contributed by atoms with E-state index in [1.807, 2.05) is 0 Å². The number of carbonyl (C=O) groups is 1. The molecule has 4 nitrogen and oxygen atoms in total. The van der Waals surface area contributed by atoms with E-state index in [-0.39, 0.29) is 23.3 Å². The van der Waals surface area contributed by atoms with Crippen LogP contribution in [0.15, 0.2) is 12.1 Å². The van der Waals surface area contributed by atoms with E-state index in [1.165, 1.54) is 0 Å². The van der Waals surface area contributed by atoms with Gasteiger partial charge in [0.1, 0.15) is 11.6 Å². The molecule has 1 saturated carbocycles. The Kier molecular flexibility index (Phi) is 4.54. The number of esters is 1. The van der Waals surface area contributed by atoms with E-state index in [1.54, 1.807) is 0 Å². The lowest BCUT2D eigenvalue weighted by molar-refractivity contribution is 0.0595. The van der Waals surface area contributed by atoms with Crippen LogP contribution in [0, 0.1) is 11.6 Å². The molecule has 2 atom stereocenters. The molecule has 6 heteroatoms. The first kappa shape index (κ1) is 14.7. The number of halogens is 2. The number of benzene rings is 1. The van der Waals surface area contributed by atoms with Crippen molar-refractivity contribution in [3.8, 4) is 0 Å². The number of hydrogen-bond acceptors (Lipinski definition) is 4. The van der Waals surface area contributed by atoms with E-state index in [0.717, 1.165) is 38.9 Å². The summed E-state index contributed by atoms with van der Waals surface area (Å²) >= 11 is 0. The molecule has 1 fully saturated rings. The Balaban J connectivity index is 2.20. The number of hydrogen-bond donors (Lipinski definition) is 2. The third-order valence-corrected chi connectivity index (χ3v) is 3.54. The van der Waals surface area contributed by atoms with Crippen molar-refractivity contribution < 1.29 is 18.3 Å². The number of carbonyl (C=O) groups excluding carboxylic acids is 1. The number of ether oxygens (including phenoxy) is 1. The van der Waals surface area contributed by atoms with Gasteiger partial charge < -0.3 is 15.8 Å². The highest BCUT2D eigenvalue weighted by atomic mass is 19.1. The molecule has 0 aliphatic heterocycles. The van der Waals surface area contributed by atoms with Crippen LogP contribution in [0.4, 0.5) is 14.5 Å². The Hall–Kier alpha value is -1.69. The molecule has 20 heavy (non-hydrogen) atoms. The van der Waals surface area contributed by atoms with Crippen LogP contribution >= 0.6 is 0 Å². The predicted octanol–water partition coefficient (Wildman–Crippen LogP) is 2.43. The molecular formula is C14H18F2N2O2. The van der Waals surface area contributed by atoms with Crippen LogP contribution in [0.5, 0.6) is 0 Å². The normalized spacial score (nSPS) is 22.4. The van der Waals surface area contributed by atoms with E-state index in [4.69, 9.17) is 5.73 Å². The Labute approximate surface area is 116 Å². The van der Waals surface area contributed by atoms with Gasteiger partial charge in [0.15, 0.2) is 0 Å². The van der Waals surface area contributed by atoms with Gasteiger partial charge in [-0.1, -0.05) is 0 Å². The van der Waals surface area contributed by atoms with Crippen molar-refractivity contribution >= 4 is 11.7 Å². The SMILES string of the molecule is COC(=O)c1cc(NC2CCCC(N)C2)c(F)cc1F. The smallest absolute Gasteiger partial charge is 0.340 e. The first-order valence-electron chi connectivity index (χ1n) is 6.60. The molecular weight excluding hydrogens is 266 g/mol. The molecule has 0 amide bonds. The van der Waals surface area contributed by atoms with Gasteiger partial charge >= 0.3 is 5.97 Å². The van der Waals surface area contributed by atoms with Crippen LogP contribution in [-0.2, 0) is 4.74 Å². The second kappa shape index (κ2) is 6.17. The molecule has 2 rings (SSSR count). The summed E-state index contributed by atoms with van der Waals surface area (Å²) in [6, 6.07) is 1.96. The minimum absolute atomic E-state index is 0.0317. The third kappa shape index (κ3) is 3.25. The van der Waals surface area contributed by atoms with Crippen molar-refractivity contribution in [3.05, 3.63) is 29.3 Å². The van der Waals surface area contributed by atoms with Gasteiger partial charge in [0, 0.05) is 18.2 Å². The van der Waals surface area contributed by atoms with Crippen LogP contribution in [0.3, 0.4) is 0 Å². The van der Waals surface area contributed by atoms with Gasteiger partial charge in [0.2, 0.25) is 0 Å². The van der Waals surface area contributed by atoms with Gasteiger partial charge in [-0.25, -0.2) is 13.6 Å². The van der Waals surface area contributed by atoms with Gasteiger partial charge in [0.05, 0.1) is 18.4 Å². The van der Waals surface area contributed by atoms with Crippen molar-refractivity contribution in [1.29, 1.82) is 0 Å². The highest BCUT2D eigenvalue weighted by Gasteiger charge is 2.22. The van der Waals surface area contributed by atoms with Crippen molar-refractivity contribution in [3.63, 3.8) is 0 Å². The van der Waals surface area contributed by atoms with E-state index >= 15 is 0 Å². The zero-order valence-electron chi connectivity index (χ0n) is 11.3. The van der Waals surface area contributed by atoms with Crippen molar-refractivity contribution in [2.75, 3.05) is 12.4 Å². The second-order valence-corrected chi connectivity index (χ2v) is 5.07. The minimum atomic E-state index is -0.930. The third-order valence-electron chi connectivity index (χ3n) is 3.54. The van der Waals surface area contributed by atoms with Gasteiger partial charge in [0.25, 0.3) is 0 Å². The number of rotatable bonds is 3. The number of nitrogens with one attached hydrogen (secondary N) is 1. The molecule has 1 aromatic rings. The highest BCUT2D eigenvalue weighted by molar-refractivity contribution is 5.90. The molecule has 0 spiro atoms. The van der Waals surface area contributed by atoms with Crippen LogP contribution in [0.1, 0.15) is 36.0 Å². The number of methoxy groups -OCH3 is 1. The Morgan fingerprint density at radius 3 is 2.75 bits per heavy atom. The molecule has 1 aromatic carbocycles. The van der Waals surface area contributed by atoms with Crippen LogP contribution in [0.25, 0.3) is 0 Å². The molecule has 1 aliphatic rings. The largest absolute Gasteiger partial charge is 0.465 e. The molecule has 1 aliphatic carbocycles. The summed E-state index contributed by atoms with van der Waals surface area (Å²) in [5.41, 5.74) is 5.69. The molecule has 0 heterocycles. The molecule has 0 saturated heterocycles. The number of nitrogens with two attached hydrogens (primary N) is 1.